The molecule has 4 heteroatoms. The van der Waals surface area contributed by atoms with Crippen LogP contribution in [0.25, 0.3) is 0 Å². The first-order valence-corrected chi connectivity index (χ1v) is 6.59. The van der Waals surface area contributed by atoms with E-state index < -0.39 is 0 Å². The maximum Gasteiger partial charge on any atom is 0.272 e. The number of nitrogens with zero attached hydrogens (tertiary/aromatic N) is 2. The number of anilines is 1. The van der Waals surface area contributed by atoms with Crippen LogP contribution >= 0.6 is 0 Å². The lowest BCUT2D eigenvalue weighted by Crippen LogP contribution is -2.38. The Bertz CT molecular complexity index is 431. The molecule has 0 aliphatic carbocycles. The van der Waals surface area contributed by atoms with Gasteiger partial charge in [-0.25, -0.2) is 4.98 Å². The van der Waals surface area contributed by atoms with Crippen LogP contribution < -0.4 is 5.32 Å². The Labute approximate surface area is 108 Å². The first-order valence-electron chi connectivity index (χ1n) is 6.59. The molecular weight excluding hydrogens is 226 g/mol. The van der Waals surface area contributed by atoms with Gasteiger partial charge in [0.25, 0.3) is 5.91 Å². The number of aromatic nitrogens is 1. The van der Waals surface area contributed by atoms with Gasteiger partial charge in [0.15, 0.2) is 0 Å². The second-order valence-corrected chi connectivity index (χ2v) is 5.11. The Morgan fingerprint density at radius 1 is 1.50 bits per heavy atom. The van der Waals surface area contributed by atoms with Gasteiger partial charge in [0.2, 0.25) is 0 Å². The van der Waals surface area contributed by atoms with E-state index in [1.165, 1.54) is 0 Å². The van der Waals surface area contributed by atoms with Crippen molar-refractivity contribution in [1.82, 2.24) is 9.88 Å². The number of pyridine rings is 1. The molecule has 18 heavy (non-hydrogen) atoms. The number of amides is 1. The highest BCUT2D eigenvalue weighted by molar-refractivity contribution is 5.93. The van der Waals surface area contributed by atoms with Gasteiger partial charge in [-0.2, -0.15) is 0 Å². The van der Waals surface area contributed by atoms with Crippen molar-refractivity contribution in [2.24, 2.45) is 5.92 Å². The minimum atomic E-state index is 0.0586. The quantitative estimate of drug-likeness (QED) is 0.892. The number of nitrogens with one attached hydrogen (secondary N) is 1. The molecule has 1 aromatic rings. The molecule has 1 unspecified atom stereocenters. The molecule has 1 atom stereocenters. The Morgan fingerprint density at radius 3 is 2.94 bits per heavy atom. The van der Waals surface area contributed by atoms with Crippen molar-refractivity contribution in [3.05, 3.63) is 23.9 Å². The fraction of sp³-hybridized carbons (Fsp3) is 0.571. The predicted molar refractivity (Wildman–Crippen MR) is 72.7 cm³/mol. The molecule has 1 fully saturated rings. The molecule has 1 aliphatic heterocycles. The van der Waals surface area contributed by atoms with E-state index in [1.807, 2.05) is 24.1 Å². The lowest BCUT2D eigenvalue weighted by atomic mass is 10.0. The Morgan fingerprint density at radius 2 is 2.28 bits per heavy atom. The average molecular weight is 247 g/mol. The molecule has 98 valence electrons. The monoisotopic (exact) mass is 247 g/mol. The molecule has 4 nitrogen and oxygen atoms in total. The number of carbonyl (C=O) groups excluding carboxylic acids is 1. The van der Waals surface area contributed by atoms with Gasteiger partial charge in [-0.05, 0) is 30.9 Å². The molecular formula is C14H21N3O. The summed E-state index contributed by atoms with van der Waals surface area (Å²) in [7, 11) is 1.81. The van der Waals surface area contributed by atoms with E-state index in [1.54, 1.807) is 6.07 Å². The van der Waals surface area contributed by atoms with Crippen molar-refractivity contribution < 1.29 is 4.79 Å². The second-order valence-electron chi connectivity index (χ2n) is 5.11. The molecule has 2 heterocycles. The zero-order chi connectivity index (χ0) is 13.1. The van der Waals surface area contributed by atoms with Crippen molar-refractivity contribution >= 4 is 11.7 Å². The van der Waals surface area contributed by atoms with Crippen LogP contribution in [-0.2, 0) is 0 Å². The van der Waals surface area contributed by atoms with Crippen molar-refractivity contribution in [2.45, 2.75) is 32.7 Å². The highest BCUT2D eigenvalue weighted by atomic mass is 16.2. The molecule has 0 aromatic carbocycles. The van der Waals surface area contributed by atoms with Gasteiger partial charge in [-0.15, -0.1) is 0 Å². The Hall–Kier alpha value is -1.58. The number of carbonyl (C=O) groups is 1. The van der Waals surface area contributed by atoms with Crippen LogP contribution in [0.5, 0.6) is 0 Å². The zero-order valence-corrected chi connectivity index (χ0v) is 11.3. The standard InChI is InChI=1S/C14H21N3O/c1-10(2)12-7-5-9-17(12)14(18)11-6-4-8-13(15-3)16-11/h4,6,8,10,12H,5,7,9H2,1-3H3,(H,15,16). The Kier molecular flexibility index (Phi) is 3.84. The van der Waals surface area contributed by atoms with Crippen LogP contribution in [0.15, 0.2) is 18.2 Å². The lowest BCUT2D eigenvalue weighted by molar-refractivity contribution is 0.0695. The minimum Gasteiger partial charge on any atom is -0.373 e. The molecule has 1 aliphatic rings. The highest BCUT2D eigenvalue weighted by Crippen LogP contribution is 2.25. The van der Waals surface area contributed by atoms with E-state index in [0.29, 0.717) is 17.7 Å². The molecule has 1 N–H and O–H groups in total. The summed E-state index contributed by atoms with van der Waals surface area (Å²) < 4.78 is 0. The van der Waals surface area contributed by atoms with Gasteiger partial charge < -0.3 is 10.2 Å². The fourth-order valence-corrected chi connectivity index (χ4v) is 2.58. The summed E-state index contributed by atoms with van der Waals surface area (Å²) in [6.07, 6.45) is 2.20. The number of rotatable bonds is 3. The average Bonchev–Trinajstić information content (AvgIpc) is 2.87. The first kappa shape index (κ1) is 12.9. The fourth-order valence-electron chi connectivity index (χ4n) is 2.58. The number of hydrogen-bond acceptors (Lipinski definition) is 3. The highest BCUT2D eigenvalue weighted by Gasteiger charge is 2.31. The second kappa shape index (κ2) is 5.38. The first-order chi connectivity index (χ1) is 8.63. The summed E-state index contributed by atoms with van der Waals surface area (Å²) >= 11 is 0. The van der Waals surface area contributed by atoms with Crippen LogP contribution in [0.1, 0.15) is 37.2 Å². The van der Waals surface area contributed by atoms with Crippen molar-refractivity contribution in [1.29, 1.82) is 0 Å². The van der Waals surface area contributed by atoms with Crippen LogP contribution in [0.3, 0.4) is 0 Å². The van der Waals surface area contributed by atoms with E-state index in [4.69, 9.17) is 0 Å². The largest absolute Gasteiger partial charge is 0.373 e. The summed E-state index contributed by atoms with van der Waals surface area (Å²) in [6, 6.07) is 5.88. The van der Waals surface area contributed by atoms with Crippen molar-refractivity contribution in [2.75, 3.05) is 18.9 Å². The SMILES string of the molecule is CNc1cccc(C(=O)N2CCCC2C(C)C)n1. The van der Waals surface area contributed by atoms with Gasteiger partial charge in [0.1, 0.15) is 11.5 Å². The third-order valence-corrected chi connectivity index (χ3v) is 3.55. The van der Waals surface area contributed by atoms with Crippen molar-refractivity contribution in [3.63, 3.8) is 0 Å². The van der Waals surface area contributed by atoms with Gasteiger partial charge >= 0.3 is 0 Å². The van der Waals surface area contributed by atoms with Crippen LogP contribution in [0, 0.1) is 5.92 Å². The molecule has 0 saturated carbocycles. The summed E-state index contributed by atoms with van der Waals surface area (Å²) in [5.41, 5.74) is 0.536. The smallest absolute Gasteiger partial charge is 0.272 e. The van der Waals surface area contributed by atoms with Gasteiger partial charge in [0, 0.05) is 19.6 Å². The van der Waals surface area contributed by atoms with Gasteiger partial charge in [0.05, 0.1) is 0 Å². The van der Waals surface area contributed by atoms with E-state index in [2.05, 4.69) is 24.1 Å². The van der Waals surface area contributed by atoms with Crippen LogP contribution in [0.2, 0.25) is 0 Å². The number of hydrogen-bond donors (Lipinski definition) is 1. The molecule has 1 saturated heterocycles. The molecule has 2 rings (SSSR count). The predicted octanol–water partition coefficient (Wildman–Crippen LogP) is 2.38. The third kappa shape index (κ3) is 2.47. The van der Waals surface area contributed by atoms with E-state index in [9.17, 15) is 4.79 Å². The third-order valence-electron chi connectivity index (χ3n) is 3.55. The molecule has 0 spiro atoms. The summed E-state index contributed by atoms with van der Waals surface area (Å²) in [4.78, 5) is 18.8. The molecule has 1 amide bonds. The Balaban J connectivity index is 2.19. The van der Waals surface area contributed by atoms with Crippen molar-refractivity contribution in [3.8, 4) is 0 Å². The maximum absolute atomic E-state index is 12.5. The lowest BCUT2D eigenvalue weighted by Gasteiger charge is -2.27. The summed E-state index contributed by atoms with van der Waals surface area (Å²) in [5.74, 6) is 1.30. The minimum absolute atomic E-state index is 0.0586. The van der Waals surface area contributed by atoms with E-state index >= 15 is 0 Å². The summed E-state index contributed by atoms with van der Waals surface area (Å²) in [5, 5.41) is 2.96. The maximum atomic E-state index is 12.5. The normalized spacial score (nSPS) is 19.3. The molecule has 1 aromatic heterocycles. The number of likely N-dealkylation sites (tertiary alicyclic amines) is 1. The topological polar surface area (TPSA) is 45.2 Å². The van der Waals surface area contributed by atoms with Gasteiger partial charge in [-0.3, -0.25) is 4.79 Å². The van der Waals surface area contributed by atoms with E-state index in [0.717, 1.165) is 25.2 Å². The van der Waals surface area contributed by atoms with Crippen LogP contribution in [-0.4, -0.2) is 35.4 Å². The summed E-state index contributed by atoms with van der Waals surface area (Å²) in [6.45, 7) is 5.20. The molecule has 0 bridgehead atoms. The molecule has 0 radical (unpaired) electrons. The van der Waals surface area contributed by atoms with E-state index in [-0.39, 0.29) is 5.91 Å². The van der Waals surface area contributed by atoms with Crippen LogP contribution in [0.4, 0.5) is 5.82 Å². The zero-order valence-electron chi connectivity index (χ0n) is 11.3. The van der Waals surface area contributed by atoms with Gasteiger partial charge in [-0.1, -0.05) is 19.9 Å².